The maximum Gasteiger partial charge on any atom is 0.355 e. The van der Waals surface area contributed by atoms with Crippen molar-refractivity contribution < 1.29 is 13.5 Å². The van der Waals surface area contributed by atoms with Gasteiger partial charge in [-0.05, 0) is 42.4 Å². The summed E-state index contributed by atoms with van der Waals surface area (Å²) in [7, 11) is 2.00. The van der Waals surface area contributed by atoms with E-state index >= 15 is 0 Å². The number of nitrogens with zero attached hydrogens (tertiary/aromatic N) is 4. The lowest BCUT2D eigenvalue weighted by molar-refractivity contribution is 0.181. The van der Waals surface area contributed by atoms with Gasteiger partial charge in [-0.1, -0.05) is 12.1 Å². The van der Waals surface area contributed by atoms with E-state index in [1.807, 2.05) is 31.3 Å². The van der Waals surface area contributed by atoms with Gasteiger partial charge in [-0.3, -0.25) is 0 Å². The molecule has 0 saturated carbocycles. The Bertz CT molecular complexity index is 1310. The van der Waals surface area contributed by atoms with E-state index in [9.17, 15) is 13.6 Å². The molecule has 1 aliphatic heterocycles. The molecule has 6 nitrogen and oxygen atoms in total. The van der Waals surface area contributed by atoms with Gasteiger partial charge >= 0.3 is 5.69 Å². The van der Waals surface area contributed by atoms with E-state index in [-0.39, 0.29) is 17.5 Å². The van der Waals surface area contributed by atoms with E-state index in [0.29, 0.717) is 24.3 Å². The molecule has 3 heterocycles. The summed E-state index contributed by atoms with van der Waals surface area (Å²) in [6.07, 6.45) is 1.98. The van der Waals surface area contributed by atoms with E-state index in [4.69, 9.17) is 4.74 Å². The number of benzene rings is 2. The highest BCUT2D eigenvalue weighted by molar-refractivity contribution is 5.44. The van der Waals surface area contributed by atoms with Crippen LogP contribution in [0.25, 0.3) is 11.3 Å². The average molecular weight is 422 g/mol. The van der Waals surface area contributed by atoms with Gasteiger partial charge in [-0.15, -0.1) is 5.10 Å². The minimum atomic E-state index is -0.678. The van der Waals surface area contributed by atoms with Crippen molar-refractivity contribution in [1.29, 1.82) is 0 Å². The summed E-state index contributed by atoms with van der Waals surface area (Å²) in [5.74, 6) is -1.20. The highest BCUT2D eigenvalue weighted by Gasteiger charge is 2.24. The van der Waals surface area contributed by atoms with Gasteiger partial charge in [-0.2, -0.15) is 4.68 Å². The van der Waals surface area contributed by atoms with Gasteiger partial charge in [0.2, 0.25) is 0 Å². The molecule has 0 N–H and O–H groups in total. The van der Waals surface area contributed by atoms with Crippen LogP contribution in [0.4, 0.5) is 8.78 Å². The van der Waals surface area contributed by atoms with Crippen LogP contribution in [0.3, 0.4) is 0 Å². The van der Waals surface area contributed by atoms with Crippen LogP contribution >= 0.6 is 0 Å². The number of halogens is 2. The molecule has 0 spiro atoms. The molecule has 8 heteroatoms. The van der Waals surface area contributed by atoms with Crippen molar-refractivity contribution in [1.82, 2.24) is 19.1 Å². The standard InChI is InChI=1S/C23H20F2N4O2/c1-27-9-7-21(31-19-12-16(24)11-17(25)13-19)20-6-5-18(10-15(20)14-27)29-23(30)28-8-3-2-4-22(28)26-29/h2-6,8,10-13,21H,7,9,14H2,1H3. The van der Waals surface area contributed by atoms with Crippen LogP contribution in [0, 0.1) is 11.6 Å². The summed E-state index contributed by atoms with van der Waals surface area (Å²) in [4.78, 5) is 14.9. The van der Waals surface area contributed by atoms with Crippen molar-refractivity contribution in [2.24, 2.45) is 0 Å². The molecule has 0 amide bonds. The second kappa shape index (κ2) is 7.63. The van der Waals surface area contributed by atoms with Gasteiger partial charge in [0, 0.05) is 43.9 Å². The molecule has 4 aromatic rings. The topological polar surface area (TPSA) is 51.8 Å². The summed E-state index contributed by atoms with van der Waals surface area (Å²) in [5, 5.41) is 4.42. The van der Waals surface area contributed by atoms with Crippen molar-refractivity contribution >= 4 is 5.65 Å². The smallest absolute Gasteiger partial charge is 0.355 e. The maximum atomic E-state index is 13.6. The second-order valence-corrected chi connectivity index (χ2v) is 7.74. The lowest BCUT2D eigenvalue weighted by Crippen LogP contribution is -2.20. The van der Waals surface area contributed by atoms with Crippen LogP contribution in [0.2, 0.25) is 0 Å². The molecule has 2 aromatic heterocycles. The van der Waals surface area contributed by atoms with Crippen LogP contribution < -0.4 is 10.4 Å². The Hall–Kier alpha value is -3.52. The predicted molar refractivity (Wildman–Crippen MR) is 111 cm³/mol. The highest BCUT2D eigenvalue weighted by atomic mass is 19.1. The fourth-order valence-corrected chi connectivity index (χ4v) is 4.01. The molecule has 1 atom stereocenters. The summed E-state index contributed by atoms with van der Waals surface area (Å²) in [6.45, 7) is 1.41. The molecular weight excluding hydrogens is 402 g/mol. The van der Waals surface area contributed by atoms with Crippen molar-refractivity contribution in [2.75, 3.05) is 13.6 Å². The van der Waals surface area contributed by atoms with E-state index in [1.165, 1.54) is 21.2 Å². The van der Waals surface area contributed by atoms with E-state index in [1.54, 1.807) is 18.3 Å². The SMILES string of the molecule is CN1CCC(Oc2cc(F)cc(F)c2)c2ccc(-n3nc4ccccn4c3=O)cc2C1. The monoisotopic (exact) mass is 422 g/mol. The summed E-state index contributed by atoms with van der Waals surface area (Å²) < 4.78 is 36.1. The quantitative estimate of drug-likeness (QED) is 0.505. The molecule has 0 saturated heterocycles. The van der Waals surface area contributed by atoms with Gasteiger partial charge in [0.15, 0.2) is 5.65 Å². The molecule has 0 bridgehead atoms. The Balaban J connectivity index is 1.55. The van der Waals surface area contributed by atoms with Crippen LogP contribution in [0.15, 0.2) is 65.6 Å². The number of rotatable bonds is 3. The fourth-order valence-electron chi connectivity index (χ4n) is 4.01. The molecular formula is C23H20F2N4O2. The number of aromatic nitrogens is 3. The maximum absolute atomic E-state index is 13.6. The fraction of sp³-hybridized carbons (Fsp3) is 0.217. The van der Waals surface area contributed by atoms with Gasteiger partial charge in [0.25, 0.3) is 0 Å². The zero-order valence-corrected chi connectivity index (χ0v) is 16.8. The Morgan fingerprint density at radius 2 is 1.87 bits per heavy atom. The van der Waals surface area contributed by atoms with Gasteiger partial charge in [-0.25, -0.2) is 18.0 Å². The minimum absolute atomic E-state index is 0.152. The van der Waals surface area contributed by atoms with Crippen molar-refractivity contribution in [3.63, 3.8) is 0 Å². The zero-order chi connectivity index (χ0) is 21.5. The van der Waals surface area contributed by atoms with E-state index < -0.39 is 11.6 Å². The summed E-state index contributed by atoms with van der Waals surface area (Å²) >= 11 is 0. The molecule has 158 valence electrons. The highest BCUT2D eigenvalue weighted by Crippen LogP contribution is 2.32. The number of hydrogen-bond donors (Lipinski definition) is 0. The van der Waals surface area contributed by atoms with E-state index in [0.717, 1.165) is 23.7 Å². The average Bonchev–Trinajstić information content (AvgIpc) is 2.98. The van der Waals surface area contributed by atoms with Crippen LogP contribution in [-0.4, -0.2) is 32.7 Å². The summed E-state index contributed by atoms with van der Waals surface area (Å²) in [5.41, 5.74) is 2.87. The van der Waals surface area contributed by atoms with Crippen LogP contribution in [-0.2, 0) is 6.54 Å². The Kier molecular flexibility index (Phi) is 4.78. The first-order chi connectivity index (χ1) is 15.0. The van der Waals surface area contributed by atoms with Gasteiger partial charge < -0.3 is 9.64 Å². The lowest BCUT2D eigenvalue weighted by Gasteiger charge is -2.20. The third kappa shape index (κ3) is 3.70. The van der Waals surface area contributed by atoms with Crippen LogP contribution in [0.1, 0.15) is 23.7 Å². The van der Waals surface area contributed by atoms with Gasteiger partial charge in [0.05, 0.1) is 5.69 Å². The number of hydrogen-bond acceptors (Lipinski definition) is 4. The molecule has 0 fully saturated rings. The first-order valence-electron chi connectivity index (χ1n) is 9.99. The number of ether oxygens (including phenoxy) is 1. The van der Waals surface area contributed by atoms with Crippen LogP contribution in [0.5, 0.6) is 5.75 Å². The Morgan fingerprint density at radius 1 is 1.06 bits per heavy atom. The molecule has 31 heavy (non-hydrogen) atoms. The largest absolute Gasteiger partial charge is 0.485 e. The van der Waals surface area contributed by atoms with Crippen molar-refractivity contribution in [3.05, 3.63) is 94.0 Å². The molecule has 1 unspecified atom stereocenters. The molecule has 1 aliphatic rings. The molecule has 0 radical (unpaired) electrons. The van der Waals surface area contributed by atoms with Crippen molar-refractivity contribution in [3.8, 4) is 11.4 Å². The first kappa shape index (κ1) is 19.4. The van der Waals surface area contributed by atoms with Gasteiger partial charge in [0.1, 0.15) is 23.5 Å². The number of fused-ring (bicyclic) bond motifs is 2. The minimum Gasteiger partial charge on any atom is -0.485 e. The number of pyridine rings is 1. The second-order valence-electron chi connectivity index (χ2n) is 7.74. The van der Waals surface area contributed by atoms with E-state index in [2.05, 4.69) is 10.00 Å². The molecule has 5 rings (SSSR count). The third-order valence-electron chi connectivity index (χ3n) is 5.47. The zero-order valence-electron chi connectivity index (χ0n) is 16.8. The lowest BCUT2D eigenvalue weighted by atomic mass is 10.0. The summed E-state index contributed by atoms with van der Waals surface area (Å²) in [6, 6.07) is 14.2. The molecule has 0 aliphatic carbocycles. The third-order valence-corrected chi connectivity index (χ3v) is 5.47. The first-order valence-corrected chi connectivity index (χ1v) is 9.99. The predicted octanol–water partition coefficient (Wildman–Crippen LogP) is 3.72. The Morgan fingerprint density at radius 3 is 2.65 bits per heavy atom. The normalized spacial score (nSPS) is 16.8. The Labute approximate surface area is 176 Å². The molecule has 2 aromatic carbocycles. The van der Waals surface area contributed by atoms with Crippen molar-refractivity contribution in [2.45, 2.75) is 19.1 Å².